The molecule has 30 heavy (non-hydrogen) atoms. The highest BCUT2D eigenvalue weighted by molar-refractivity contribution is 6.07. The molecular weight excluding hydrogens is 383 g/mol. The molecule has 0 unspecified atom stereocenters. The number of hydrogen-bond acceptors (Lipinski definition) is 6. The van der Waals surface area contributed by atoms with Crippen LogP contribution in [0.3, 0.4) is 0 Å². The highest BCUT2D eigenvalue weighted by Crippen LogP contribution is 2.48. The molecule has 2 fully saturated rings. The van der Waals surface area contributed by atoms with Crippen LogP contribution in [0.4, 0.5) is 15.9 Å². The maximum atomic E-state index is 13.9. The fourth-order valence-corrected chi connectivity index (χ4v) is 4.71. The summed E-state index contributed by atoms with van der Waals surface area (Å²) in [5.41, 5.74) is 7.39. The van der Waals surface area contributed by atoms with E-state index in [-0.39, 0.29) is 5.69 Å². The molecule has 8 heteroatoms. The quantitative estimate of drug-likeness (QED) is 0.694. The molecule has 3 heterocycles. The van der Waals surface area contributed by atoms with Crippen molar-refractivity contribution in [1.82, 2.24) is 15.0 Å². The molecule has 0 radical (unpaired) electrons. The predicted molar refractivity (Wildman–Crippen MR) is 113 cm³/mol. The van der Waals surface area contributed by atoms with Gasteiger partial charge in [-0.3, -0.25) is 9.78 Å². The summed E-state index contributed by atoms with van der Waals surface area (Å²) in [6.45, 7) is 1.85. The summed E-state index contributed by atoms with van der Waals surface area (Å²) in [7, 11) is 0. The number of anilines is 2. The van der Waals surface area contributed by atoms with Gasteiger partial charge in [-0.1, -0.05) is 6.07 Å². The second-order valence-electron chi connectivity index (χ2n) is 8.40. The standard InChI is InChI=1S/C22H23FN6O/c23-15-8-14-2-1-5-25-20(14)17(9-15)28-21(30)18-12-27-19(13-26-18)29-6-3-22(4-7-29)10-16(24)11-22/h1-2,5,8-9,12-13,16H,3-4,6-7,10-11,24H2,(H,28,30). The van der Waals surface area contributed by atoms with Crippen LogP contribution in [0.1, 0.15) is 36.2 Å². The number of aromatic nitrogens is 3. The SMILES string of the molecule is NC1CC2(CCN(c3cnc(C(=O)Nc4cc(F)cc5cccnc45)cn3)CC2)C1. The third kappa shape index (κ3) is 3.47. The number of rotatable bonds is 3. The van der Waals surface area contributed by atoms with Crippen molar-refractivity contribution in [3.63, 3.8) is 0 Å². The molecule has 1 aliphatic carbocycles. The van der Waals surface area contributed by atoms with Crippen LogP contribution in [0.15, 0.2) is 42.9 Å². The zero-order valence-corrected chi connectivity index (χ0v) is 16.5. The first-order valence-electron chi connectivity index (χ1n) is 10.2. The molecule has 3 aromatic rings. The number of nitrogens with zero attached hydrogens (tertiary/aromatic N) is 4. The lowest BCUT2D eigenvalue weighted by molar-refractivity contribution is 0.0711. The second kappa shape index (κ2) is 7.28. The molecule has 3 N–H and O–H groups in total. The number of nitrogens with two attached hydrogens (primary N) is 1. The first kappa shape index (κ1) is 18.9. The monoisotopic (exact) mass is 406 g/mol. The number of carbonyl (C=O) groups is 1. The minimum absolute atomic E-state index is 0.172. The molecule has 1 aromatic carbocycles. The van der Waals surface area contributed by atoms with E-state index in [1.165, 1.54) is 18.3 Å². The van der Waals surface area contributed by atoms with Crippen LogP contribution in [-0.4, -0.2) is 40.0 Å². The van der Waals surface area contributed by atoms with E-state index in [1.54, 1.807) is 24.5 Å². The fourth-order valence-electron chi connectivity index (χ4n) is 4.71. The smallest absolute Gasteiger partial charge is 0.275 e. The van der Waals surface area contributed by atoms with Crippen molar-refractivity contribution in [2.24, 2.45) is 11.1 Å². The molecule has 1 spiro atoms. The summed E-state index contributed by atoms with van der Waals surface area (Å²) < 4.78 is 13.9. The van der Waals surface area contributed by atoms with Crippen molar-refractivity contribution >= 4 is 28.3 Å². The van der Waals surface area contributed by atoms with Crippen LogP contribution in [0, 0.1) is 11.2 Å². The molecule has 1 aliphatic heterocycles. The Morgan fingerprint density at radius 2 is 1.97 bits per heavy atom. The number of amides is 1. The lowest BCUT2D eigenvalue weighted by atomic mass is 9.61. The number of pyridine rings is 1. The van der Waals surface area contributed by atoms with Gasteiger partial charge in [-0.05, 0) is 49.3 Å². The highest BCUT2D eigenvalue weighted by atomic mass is 19.1. The normalized spacial score (nSPS) is 18.4. The number of piperidine rings is 1. The van der Waals surface area contributed by atoms with Gasteiger partial charge in [-0.2, -0.15) is 0 Å². The van der Waals surface area contributed by atoms with Gasteiger partial charge in [0.15, 0.2) is 0 Å². The first-order chi connectivity index (χ1) is 14.5. The van der Waals surface area contributed by atoms with Gasteiger partial charge in [0.05, 0.1) is 23.6 Å². The van der Waals surface area contributed by atoms with E-state index in [0.717, 1.165) is 44.6 Å². The summed E-state index contributed by atoms with van der Waals surface area (Å²) in [6, 6.07) is 6.46. The molecule has 0 atom stereocenters. The van der Waals surface area contributed by atoms with Crippen molar-refractivity contribution < 1.29 is 9.18 Å². The Morgan fingerprint density at radius 3 is 2.67 bits per heavy atom. The molecule has 2 aromatic heterocycles. The minimum Gasteiger partial charge on any atom is -0.355 e. The lowest BCUT2D eigenvalue weighted by Crippen LogP contribution is -2.52. The van der Waals surface area contributed by atoms with Gasteiger partial charge in [0, 0.05) is 30.7 Å². The van der Waals surface area contributed by atoms with E-state index < -0.39 is 11.7 Å². The number of carbonyl (C=O) groups excluding carboxylic acids is 1. The van der Waals surface area contributed by atoms with Crippen LogP contribution in [0.5, 0.6) is 0 Å². The van der Waals surface area contributed by atoms with Gasteiger partial charge in [-0.25, -0.2) is 14.4 Å². The number of hydrogen-bond donors (Lipinski definition) is 2. The average molecular weight is 406 g/mol. The Labute approximate surface area is 173 Å². The fraction of sp³-hybridized carbons (Fsp3) is 0.364. The molecule has 2 aliphatic rings. The van der Waals surface area contributed by atoms with Gasteiger partial charge in [-0.15, -0.1) is 0 Å². The summed E-state index contributed by atoms with van der Waals surface area (Å²) in [5.74, 6) is -0.127. The molecule has 154 valence electrons. The first-order valence-corrected chi connectivity index (χ1v) is 10.2. The molecule has 1 saturated carbocycles. The van der Waals surface area contributed by atoms with Crippen molar-refractivity contribution in [3.8, 4) is 0 Å². The van der Waals surface area contributed by atoms with Gasteiger partial charge in [0.2, 0.25) is 0 Å². The molecule has 1 amide bonds. The van der Waals surface area contributed by atoms with Crippen molar-refractivity contribution in [2.75, 3.05) is 23.3 Å². The summed E-state index contributed by atoms with van der Waals surface area (Å²) >= 11 is 0. The van der Waals surface area contributed by atoms with Gasteiger partial charge < -0.3 is 16.0 Å². The number of benzene rings is 1. The minimum atomic E-state index is -0.451. The maximum absolute atomic E-state index is 13.9. The third-order valence-corrected chi connectivity index (χ3v) is 6.33. The zero-order chi connectivity index (χ0) is 20.7. The van der Waals surface area contributed by atoms with E-state index in [0.29, 0.717) is 28.0 Å². The van der Waals surface area contributed by atoms with Crippen LogP contribution in [-0.2, 0) is 0 Å². The molecular formula is C22H23FN6O. The van der Waals surface area contributed by atoms with Crippen LogP contribution >= 0.6 is 0 Å². The number of nitrogens with one attached hydrogen (secondary N) is 1. The summed E-state index contributed by atoms with van der Waals surface area (Å²) in [5, 5.41) is 3.32. The topological polar surface area (TPSA) is 97.0 Å². The number of fused-ring (bicyclic) bond motifs is 1. The third-order valence-electron chi connectivity index (χ3n) is 6.33. The summed E-state index contributed by atoms with van der Waals surface area (Å²) in [6.07, 6.45) is 9.16. The Morgan fingerprint density at radius 1 is 1.17 bits per heavy atom. The van der Waals surface area contributed by atoms with E-state index in [4.69, 9.17) is 5.73 Å². The van der Waals surface area contributed by atoms with Crippen molar-refractivity contribution in [3.05, 3.63) is 54.4 Å². The highest BCUT2D eigenvalue weighted by Gasteiger charge is 2.44. The number of halogens is 1. The van der Waals surface area contributed by atoms with E-state index in [9.17, 15) is 9.18 Å². The second-order valence-corrected chi connectivity index (χ2v) is 8.40. The van der Waals surface area contributed by atoms with Crippen molar-refractivity contribution in [2.45, 2.75) is 31.7 Å². The Balaban J connectivity index is 1.28. The molecule has 0 bridgehead atoms. The van der Waals surface area contributed by atoms with E-state index >= 15 is 0 Å². The largest absolute Gasteiger partial charge is 0.355 e. The van der Waals surface area contributed by atoms with E-state index in [1.807, 2.05) is 0 Å². The van der Waals surface area contributed by atoms with Crippen molar-refractivity contribution in [1.29, 1.82) is 0 Å². The lowest BCUT2D eigenvalue weighted by Gasteiger charge is -2.51. The van der Waals surface area contributed by atoms with Gasteiger partial charge >= 0.3 is 0 Å². The molecule has 5 rings (SSSR count). The summed E-state index contributed by atoms with van der Waals surface area (Å²) in [4.78, 5) is 27.8. The Kier molecular flexibility index (Phi) is 4.58. The predicted octanol–water partition coefficient (Wildman–Crippen LogP) is 3.12. The average Bonchev–Trinajstić information content (AvgIpc) is 2.73. The van der Waals surface area contributed by atoms with Crippen LogP contribution in [0.25, 0.3) is 10.9 Å². The molecule has 1 saturated heterocycles. The Hall–Kier alpha value is -3.13. The molecule has 7 nitrogen and oxygen atoms in total. The van der Waals surface area contributed by atoms with E-state index in [2.05, 4.69) is 25.2 Å². The van der Waals surface area contributed by atoms with Gasteiger partial charge in [0.1, 0.15) is 17.3 Å². The zero-order valence-electron chi connectivity index (χ0n) is 16.5. The Bertz CT molecular complexity index is 1090. The van der Waals surface area contributed by atoms with Gasteiger partial charge in [0.25, 0.3) is 5.91 Å². The van der Waals surface area contributed by atoms with Crippen LogP contribution in [0.2, 0.25) is 0 Å². The maximum Gasteiger partial charge on any atom is 0.275 e. The van der Waals surface area contributed by atoms with Crippen LogP contribution < -0.4 is 16.0 Å².